The summed E-state index contributed by atoms with van der Waals surface area (Å²) in [5, 5.41) is 2.26. The lowest BCUT2D eigenvalue weighted by Gasteiger charge is -2.41. The summed E-state index contributed by atoms with van der Waals surface area (Å²) < 4.78 is 33.4. The van der Waals surface area contributed by atoms with E-state index in [1.165, 1.54) is 24.4 Å². The van der Waals surface area contributed by atoms with E-state index in [-0.39, 0.29) is 26.8 Å². The van der Waals surface area contributed by atoms with Crippen molar-refractivity contribution in [1.82, 2.24) is 14.0 Å². The Hall–Kier alpha value is -3.27. The van der Waals surface area contributed by atoms with Gasteiger partial charge >= 0.3 is 6.55 Å². The average molecular weight is 416 g/mol. The Labute approximate surface area is 168 Å². The van der Waals surface area contributed by atoms with Crippen LogP contribution in [0, 0.1) is 0 Å². The molecule has 2 aliphatic heterocycles. The molecule has 6 rings (SSSR count). The fourth-order valence-corrected chi connectivity index (χ4v) is 4.62. The maximum Gasteiger partial charge on any atom is 0.321 e. The van der Waals surface area contributed by atoms with Crippen LogP contribution in [-0.4, -0.2) is 32.1 Å². The Morgan fingerprint density at radius 3 is 2.73 bits per heavy atom. The zero-order valence-corrected chi connectivity index (χ0v) is 15.9. The van der Waals surface area contributed by atoms with Crippen LogP contribution in [0.5, 0.6) is 0 Å². The first-order valence-corrected chi connectivity index (χ1v) is 9.40. The highest BCUT2D eigenvalue weighted by Crippen LogP contribution is 2.58. The van der Waals surface area contributed by atoms with Gasteiger partial charge in [0.1, 0.15) is 16.9 Å². The second-order valence-corrected chi connectivity index (χ2v) is 8.25. The number of imidazole rings is 1. The van der Waals surface area contributed by atoms with Crippen LogP contribution in [0.25, 0.3) is 5.65 Å². The number of rotatable bonds is 4. The number of amides is 1. The molecule has 30 heavy (non-hydrogen) atoms. The third kappa shape index (κ3) is 2.71. The lowest BCUT2D eigenvalue weighted by Crippen LogP contribution is -2.45. The van der Waals surface area contributed by atoms with E-state index in [4.69, 9.17) is 4.74 Å². The Balaban J connectivity index is 1.47. The molecule has 3 aromatic rings. The van der Waals surface area contributed by atoms with E-state index in [1.54, 1.807) is 4.40 Å². The van der Waals surface area contributed by atoms with Crippen molar-refractivity contribution >= 4 is 17.2 Å². The van der Waals surface area contributed by atoms with E-state index in [1.807, 2.05) is 6.20 Å². The quantitative estimate of drug-likeness (QED) is 0.682. The van der Waals surface area contributed by atoms with Crippen LogP contribution in [0.1, 0.15) is 42.4 Å². The standard InChI is InChI=1S/C20H18F2N4O4/c1-19-8-20(9-19,10-30-19)14-7-25-6-11(13(27)5-15(25)24-14)16(28)23-12-3-2-4-26(17(12)29)18(21)22/h2-7,18,24H,8-10H2,1H3,(H,23,28). The maximum atomic E-state index is 12.9. The maximum absolute atomic E-state index is 12.9. The fraction of sp³-hybridized carbons (Fsp3) is 0.350. The first-order chi connectivity index (χ1) is 14.2. The van der Waals surface area contributed by atoms with Crippen molar-refractivity contribution in [3.63, 3.8) is 0 Å². The summed E-state index contributed by atoms with van der Waals surface area (Å²) in [4.78, 5) is 40.4. The number of carbonyl (C=O) groups excluding carboxylic acids is 1. The van der Waals surface area contributed by atoms with Gasteiger partial charge in [0.05, 0.1) is 12.2 Å². The Morgan fingerprint density at radius 2 is 2.07 bits per heavy atom. The number of nitrogens with one attached hydrogen (secondary N) is 2. The van der Waals surface area contributed by atoms with Crippen molar-refractivity contribution < 1.29 is 18.3 Å². The van der Waals surface area contributed by atoms with Gasteiger partial charge in [-0.1, -0.05) is 0 Å². The van der Waals surface area contributed by atoms with E-state index in [0.29, 0.717) is 12.3 Å². The summed E-state index contributed by atoms with van der Waals surface area (Å²) in [6.07, 6.45) is 5.88. The molecule has 3 fully saturated rings. The fourth-order valence-electron chi connectivity index (χ4n) is 4.62. The van der Waals surface area contributed by atoms with Crippen LogP contribution in [0.15, 0.2) is 46.4 Å². The second-order valence-electron chi connectivity index (χ2n) is 8.25. The van der Waals surface area contributed by atoms with Gasteiger partial charge in [-0.3, -0.25) is 19.0 Å². The van der Waals surface area contributed by atoms with Gasteiger partial charge in [0.25, 0.3) is 11.5 Å². The van der Waals surface area contributed by atoms with Crippen molar-refractivity contribution in [2.75, 3.05) is 11.9 Å². The van der Waals surface area contributed by atoms with Gasteiger partial charge < -0.3 is 19.4 Å². The van der Waals surface area contributed by atoms with Crippen LogP contribution in [0.3, 0.4) is 0 Å². The largest absolute Gasteiger partial charge is 0.374 e. The highest BCUT2D eigenvalue weighted by molar-refractivity contribution is 6.04. The number of alkyl halides is 2. The summed E-state index contributed by atoms with van der Waals surface area (Å²) >= 11 is 0. The normalized spacial score (nSPS) is 24.9. The molecule has 1 saturated carbocycles. The van der Waals surface area contributed by atoms with E-state index < -0.39 is 23.4 Å². The molecular formula is C20H18F2N4O4. The number of nitrogens with zero attached hydrogens (tertiary/aromatic N) is 2. The van der Waals surface area contributed by atoms with Crippen molar-refractivity contribution in [2.24, 2.45) is 0 Å². The predicted octanol–water partition coefficient (Wildman–Crippen LogP) is 2.26. The van der Waals surface area contributed by atoms with Crippen LogP contribution in [0.2, 0.25) is 0 Å². The molecular weight excluding hydrogens is 398 g/mol. The van der Waals surface area contributed by atoms with Crippen molar-refractivity contribution in [3.05, 3.63) is 68.6 Å². The first kappa shape index (κ1) is 18.7. The molecule has 3 aliphatic rings. The van der Waals surface area contributed by atoms with Gasteiger partial charge in [-0.25, -0.2) is 0 Å². The van der Waals surface area contributed by atoms with Crippen molar-refractivity contribution in [2.45, 2.75) is 37.3 Å². The topological polar surface area (TPSA) is 97.6 Å². The minimum atomic E-state index is -3.04. The molecule has 2 N–H and O–H groups in total. The predicted molar refractivity (Wildman–Crippen MR) is 103 cm³/mol. The third-order valence-corrected chi connectivity index (χ3v) is 5.98. The summed E-state index contributed by atoms with van der Waals surface area (Å²) in [5.74, 6) is -0.847. The Morgan fingerprint density at radius 1 is 1.30 bits per heavy atom. The number of carbonyl (C=O) groups is 1. The molecule has 0 unspecified atom stereocenters. The van der Waals surface area contributed by atoms with Gasteiger partial charge in [-0.15, -0.1) is 0 Å². The molecule has 0 radical (unpaired) electrons. The molecule has 10 heteroatoms. The molecule has 156 valence electrons. The molecule has 2 saturated heterocycles. The highest BCUT2D eigenvalue weighted by Gasteiger charge is 2.61. The number of hydrogen-bond acceptors (Lipinski definition) is 4. The minimum absolute atomic E-state index is 0.0997. The van der Waals surface area contributed by atoms with Gasteiger partial charge in [0, 0.05) is 35.8 Å². The van der Waals surface area contributed by atoms with E-state index in [9.17, 15) is 23.2 Å². The van der Waals surface area contributed by atoms with Crippen molar-refractivity contribution in [1.29, 1.82) is 0 Å². The van der Waals surface area contributed by atoms with E-state index >= 15 is 0 Å². The minimum Gasteiger partial charge on any atom is -0.374 e. The molecule has 8 nitrogen and oxygen atoms in total. The van der Waals surface area contributed by atoms with Gasteiger partial charge in [0.2, 0.25) is 0 Å². The number of ether oxygens (including phenoxy) is 1. The van der Waals surface area contributed by atoms with Crippen LogP contribution in [-0.2, 0) is 10.2 Å². The molecule has 0 aromatic carbocycles. The van der Waals surface area contributed by atoms with Crippen LogP contribution >= 0.6 is 0 Å². The third-order valence-electron chi connectivity index (χ3n) is 5.98. The number of fused-ring (bicyclic) bond motifs is 2. The van der Waals surface area contributed by atoms with Crippen LogP contribution in [0.4, 0.5) is 14.5 Å². The Bertz CT molecular complexity index is 1300. The number of aromatic amines is 1. The van der Waals surface area contributed by atoms with E-state index in [0.717, 1.165) is 24.7 Å². The number of halogens is 2. The summed E-state index contributed by atoms with van der Waals surface area (Å²) in [5.41, 5.74) is -0.905. The van der Waals surface area contributed by atoms with Crippen molar-refractivity contribution in [3.8, 4) is 0 Å². The summed E-state index contributed by atoms with van der Waals surface area (Å²) in [6, 6.07) is 3.72. The molecule has 2 bridgehead atoms. The lowest BCUT2D eigenvalue weighted by molar-refractivity contribution is 0.0154. The summed E-state index contributed by atoms with van der Waals surface area (Å²) in [6.45, 7) is -0.376. The molecule has 1 aliphatic carbocycles. The van der Waals surface area contributed by atoms with E-state index in [2.05, 4.69) is 17.2 Å². The number of pyridine rings is 2. The van der Waals surface area contributed by atoms with Crippen LogP contribution < -0.4 is 16.3 Å². The molecule has 1 amide bonds. The van der Waals surface area contributed by atoms with Gasteiger partial charge in [-0.2, -0.15) is 8.78 Å². The molecule has 0 atom stereocenters. The van der Waals surface area contributed by atoms with Gasteiger partial charge in [0.15, 0.2) is 5.43 Å². The molecule has 0 spiro atoms. The first-order valence-electron chi connectivity index (χ1n) is 9.40. The highest BCUT2D eigenvalue weighted by atomic mass is 19.3. The zero-order valence-electron chi connectivity index (χ0n) is 15.9. The monoisotopic (exact) mass is 416 g/mol. The number of H-pyrrole nitrogens is 1. The molecule has 3 aromatic heterocycles. The lowest BCUT2D eigenvalue weighted by atomic mass is 9.62. The Kier molecular flexibility index (Phi) is 3.82. The molecule has 5 heterocycles. The van der Waals surface area contributed by atoms with Gasteiger partial charge in [-0.05, 0) is 31.9 Å². The second kappa shape index (κ2) is 6.11. The number of aromatic nitrogens is 3. The number of anilines is 1. The zero-order chi connectivity index (χ0) is 21.3. The SMILES string of the molecule is CC12CC(c3cn4cc(C(=O)Nc5cccn(C(F)F)c5=O)c(=O)cc4[nH]3)(CO1)C2. The smallest absolute Gasteiger partial charge is 0.321 e. The summed E-state index contributed by atoms with van der Waals surface area (Å²) in [7, 11) is 0. The average Bonchev–Trinajstić information content (AvgIpc) is 3.32. The number of hydrogen-bond donors (Lipinski definition) is 2.